The van der Waals surface area contributed by atoms with E-state index in [1.165, 1.54) is 38.5 Å². The number of unbranched alkanes of at least 4 members (excludes halogenated alkanes) is 5. The third-order valence-electron chi connectivity index (χ3n) is 1.65. The molecule has 0 aromatic heterocycles. The molecule has 0 unspecified atom stereocenters. The maximum absolute atomic E-state index is 3.13. The molecule has 0 saturated heterocycles. The Hall–Kier alpha value is 1.00. The fraction of sp³-hybridized carbons (Fsp3) is 0.800. The van der Waals surface area contributed by atoms with Gasteiger partial charge in [-0.3, -0.25) is 0 Å². The normalized spacial score (nSPS) is 9.38. The van der Waals surface area contributed by atoms with Crippen molar-refractivity contribution in [1.82, 2.24) is 0 Å². The van der Waals surface area contributed by atoms with Gasteiger partial charge in [0.2, 0.25) is 0 Å². The van der Waals surface area contributed by atoms with Crippen LogP contribution in [0.15, 0.2) is 6.08 Å². The predicted molar refractivity (Wildman–Crippen MR) is 54.7 cm³/mol. The summed E-state index contributed by atoms with van der Waals surface area (Å²) in [6.07, 6.45) is 12.3. The van der Waals surface area contributed by atoms with Gasteiger partial charge in [-0.1, -0.05) is 38.7 Å². The van der Waals surface area contributed by atoms with Crippen molar-refractivity contribution in [3.8, 4) is 0 Å². The summed E-state index contributed by atoms with van der Waals surface area (Å²) >= 11 is 1.66. The molecule has 0 aromatic carbocycles. The summed E-state index contributed by atoms with van der Waals surface area (Å²) in [4.78, 5) is 0. The van der Waals surface area contributed by atoms with E-state index < -0.39 is 0 Å². The van der Waals surface area contributed by atoms with Crippen LogP contribution in [0.3, 0.4) is 0 Å². The molecule has 0 fully saturated rings. The predicted octanol–water partition coefficient (Wildman–Crippen LogP) is 1.03. The largest absolute Gasteiger partial charge is 1.00 e. The summed E-state index contributed by atoms with van der Waals surface area (Å²) in [6, 6.07) is 0. The van der Waals surface area contributed by atoms with Crippen molar-refractivity contribution < 1.29 is 31.9 Å². The number of thioether (sulfide) groups is 1. The van der Waals surface area contributed by atoms with Gasteiger partial charge in [0.15, 0.2) is 0 Å². The Kier molecular flexibility index (Phi) is 28.2. The maximum Gasteiger partial charge on any atom is 0.0162 e. The molecule has 0 aliphatic rings. The number of hydrogen-bond acceptors (Lipinski definition) is 1. The van der Waals surface area contributed by atoms with Gasteiger partial charge < -0.3 is 12.4 Å². The first kappa shape index (κ1) is 19.6. The van der Waals surface area contributed by atoms with Crippen LogP contribution in [0, 0.1) is 5.41 Å². The molecule has 0 aliphatic carbocycles. The van der Waals surface area contributed by atoms with Gasteiger partial charge in [0.1, 0.15) is 0 Å². The van der Waals surface area contributed by atoms with Gasteiger partial charge in [-0.15, -0.1) is 11.8 Å². The van der Waals surface area contributed by atoms with Crippen molar-refractivity contribution in [2.45, 2.75) is 45.4 Å². The molecule has 0 spiro atoms. The molecule has 0 N–H and O–H groups in total. The molecule has 0 heterocycles. The minimum Gasteiger partial charge on any atom is -1.00 e. The van der Waals surface area contributed by atoms with Gasteiger partial charge in [0.25, 0.3) is 0 Å². The summed E-state index contributed by atoms with van der Waals surface area (Å²) in [7, 11) is 0. The first-order valence-electron chi connectivity index (χ1n) is 4.52. The zero-order valence-electron chi connectivity index (χ0n) is 8.81. The summed E-state index contributed by atoms with van der Waals surface area (Å²) in [5, 5.41) is 3.13. The molecule has 1 radical (unpaired) electrons. The van der Waals surface area contributed by atoms with Crippen LogP contribution in [-0.4, -0.2) is 6.26 Å². The first-order chi connectivity index (χ1) is 5.41. The minimum absolute atomic E-state index is 0. The summed E-state index contributed by atoms with van der Waals surface area (Å²) in [5.74, 6) is 0. The van der Waals surface area contributed by atoms with Crippen LogP contribution < -0.4 is 12.4 Å². The third kappa shape index (κ3) is 19.4. The topological polar surface area (TPSA) is 0 Å². The molecule has 0 atom stereocenters. The second-order valence-electron chi connectivity index (χ2n) is 2.73. The van der Waals surface area contributed by atoms with Gasteiger partial charge in [-0.25, -0.2) is 0 Å². The van der Waals surface area contributed by atoms with Crippen LogP contribution >= 0.6 is 11.8 Å². The molecule has 0 aromatic rings. The Balaban J connectivity index is -0.000000500. The molecular formula is C10H19ClSZn-. The Bertz CT molecular complexity index is 96.9. The Morgan fingerprint density at radius 2 is 1.77 bits per heavy atom. The molecule has 13 heavy (non-hydrogen) atoms. The van der Waals surface area contributed by atoms with Crippen molar-refractivity contribution in [1.29, 1.82) is 0 Å². The van der Waals surface area contributed by atoms with Crippen molar-refractivity contribution in [3.05, 3.63) is 11.5 Å². The van der Waals surface area contributed by atoms with Gasteiger partial charge in [-0.2, -0.15) is 0 Å². The fourth-order valence-electron chi connectivity index (χ4n) is 0.992. The second-order valence-corrected chi connectivity index (χ2v) is 3.37. The molecule has 0 rings (SSSR count). The fourth-order valence-corrected chi connectivity index (χ4v) is 1.28. The van der Waals surface area contributed by atoms with E-state index in [2.05, 4.69) is 18.4 Å². The summed E-state index contributed by atoms with van der Waals surface area (Å²) in [5.41, 5.74) is 0. The number of hydrogen-bond donors (Lipinski definition) is 0. The number of rotatable bonds is 7. The Morgan fingerprint density at radius 1 is 1.15 bits per heavy atom. The van der Waals surface area contributed by atoms with Crippen LogP contribution in [0.4, 0.5) is 0 Å². The molecule has 3 heteroatoms. The van der Waals surface area contributed by atoms with Crippen LogP contribution in [0.25, 0.3) is 0 Å². The molecule has 0 nitrogen and oxygen atoms in total. The van der Waals surface area contributed by atoms with E-state index in [0.29, 0.717) is 0 Å². The zero-order chi connectivity index (χ0) is 8.36. The average Bonchev–Trinajstić information content (AvgIpc) is 2.03. The van der Waals surface area contributed by atoms with Crippen LogP contribution in [0.1, 0.15) is 45.4 Å². The van der Waals surface area contributed by atoms with Crippen molar-refractivity contribution in [2.24, 2.45) is 0 Å². The van der Waals surface area contributed by atoms with Crippen LogP contribution in [0.2, 0.25) is 0 Å². The first-order valence-corrected chi connectivity index (χ1v) is 5.74. The Labute approximate surface area is 106 Å². The van der Waals surface area contributed by atoms with Crippen molar-refractivity contribution >= 4 is 11.8 Å². The van der Waals surface area contributed by atoms with Crippen LogP contribution in [0.5, 0.6) is 0 Å². The van der Waals surface area contributed by atoms with Gasteiger partial charge in [-0.05, 0) is 19.1 Å². The third-order valence-corrected chi connectivity index (χ3v) is 2.06. The second kappa shape index (κ2) is 18.7. The van der Waals surface area contributed by atoms with Gasteiger partial charge in [0.05, 0.1) is 0 Å². The standard InChI is InChI=1S/C10H19S.ClH.Zn/c1-3-4-5-6-7-8-9-10-11-2;;/h9H,3-8H2,1-2H3;1H;/p-1. The summed E-state index contributed by atoms with van der Waals surface area (Å²) in [6.45, 7) is 2.25. The molecule has 0 saturated carbocycles. The zero-order valence-corrected chi connectivity index (χ0v) is 13.4. The van der Waals surface area contributed by atoms with E-state index in [1.54, 1.807) is 11.8 Å². The molecule has 75 valence electrons. The SMILES string of the molecule is CCCCCCCC=[C]SC.[Cl-].[Zn]. The molecule has 0 bridgehead atoms. The van der Waals surface area contributed by atoms with E-state index in [1.807, 2.05) is 6.26 Å². The smallest absolute Gasteiger partial charge is 0.0162 e. The van der Waals surface area contributed by atoms with E-state index >= 15 is 0 Å². The van der Waals surface area contributed by atoms with Gasteiger partial charge in [0, 0.05) is 24.9 Å². The molecule has 0 aliphatic heterocycles. The Morgan fingerprint density at radius 3 is 2.31 bits per heavy atom. The molecule has 0 amide bonds. The average molecular weight is 272 g/mol. The van der Waals surface area contributed by atoms with E-state index in [0.717, 1.165) is 0 Å². The maximum atomic E-state index is 3.13. The van der Waals surface area contributed by atoms with E-state index in [-0.39, 0.29) is 31.9 Å². The van der Waals surface area contributed by atoms with Crippen LogP contribution in [-0.2, 0) is 19.5 Å². The quantitative estimate of drug-likeness (QED) is 0.493. The monoisotopic (exact) mass is 270 g/mol. The van der Waals surface area contributed by atoms with Gasteiger partial charge >= 0.3 is 0 Å². The number of halogens is 1. The summed E-state index contributed by atoms with van der Waals surface area (Å²) < 4.78 is 0. The van der Waals surface area contributed by atoms with Crippen molar-refractivity contribution in [2.75, 3.05) is 6.26 Å². The van der Waals surface area contributed by atoms with E-state index in [9.17, 15) is 0 Å². The molecular weight excluding hydrogens is 253 g/mol. The minimum atomic E-state index is 0. The number of allylic oxidation sites excluding steroid dienone is 1. The van der Waals surface area contributed by atoms with Crippen molar-refractivity contribution in [3.63, 3.8) is 0 Å². The van der Waals surface area contributed by atoms with E-state index in [4.69, 9.17) is 0 Å².